The van der Waals surface area contributed by atoms with Gasteiger partial charge in [-0.3, -0.25) is 9.88 Å². The first-order valence-electron chi connectivity index (χ1n) is 9.32. The smallest absolute Gasteiger partial charge is 0.124 e. The molecule has 4 rings (SSSR count). The van der Waals surface area contributed by atoms with Crippen LogP contribution in [0.4, 0.5) is 0 Å². The van der Waals surface area contributed by atoms with Crippen molar-refractivity contribution >= 4 is 0 Å². The summed E-state index contributed by atoms with van der Waals surface area (Å²) in [4.78, 5) is 6.71. The highest BCUT2D eigenvalue weighted by Gasteiger charge is 2.32. The number of nitrogens with zero attached hydrogens (tertiary/aromatic N) is 2. The lowest BCUT2D eigenvalue weighted by molar-refractivity contribution is -0.0676. The van der Waals surface area contributed by atoms with Crippen LogP contribution in [0.15, 0.2) is 48.8 Å². The van der Waals surface area contributed by atoms with Crippen molar-refractivity contribution in [1.29, 1.82) is 0 Å². The predicted molar refractivity (Wildman–Crippen MR) is 97.4 cm³/mol. The standard InChI is InChI=1S/C21H26N2O2/c1-2-8-20(25-16-17-5-3-10-22-13-17)18(6-1)14-23-11-9-21-19(15-23)7-4-12-24-21/h1-3,5-6,8,10,13,19,21H,4,7,9,11-12,14-16H2/t19-,21-/m0/s1. The molecule has 2 saturated heterocycles. The summed E-state index contributed by atoms with van der Waals surface area (Å²) in [5, 5.41) is 0. The average molecular weight is 338 g/mol. The van der Waals surface area contributed by atoms with Gasteiger partial charge in [0.1, 0.15) is 12.4 Å². The van der Waals surface area contributed by atoms with Crippen LogP contribution >= 0.6 is 0 Å². The van der Waals surface area contributed by atoms with Crippen LogP contribution < -0.4 is 4.74 Å². The summed E-state index contributed by atoms with van der Waals surface area (Å²) in [5.41, 5.74) is 2.36. The number of ether oxygens (including phenoxy) is 2. The van der Waals surface area contributed by atoms with E-state index in [0.717, 1.165) is 44.0 Å². The van der Waals surface area contributed by atoms with Gasteiger partial charge in [0.15, 0.2) is 0 Å². The van der Waals surface area contributed by atoms with Crippen molar-refractivity contribution in [2.75, 3.05) is 19.7 Å². The molecule has 25 heavy (non-hydrogen) atoms. The van der Waals surface area contributed by atoms with Gasteiger partial charge >= 0.3 is 0 Å². The molecule has 1 aromatic carbocycles. The number of hydrogen-bond acceptors (Lipinski definition) is 4. The number of benzene rings is 1. The van der Waals surface area contributed by atoms with E-state index in [0.29, 0.717) is 18.6 Å². The van der Waals surface area contributed by atoms with Crippen LogP contribution in [0, 0.1) is 5.92 Å². The lowest BCUT2D eigenvalue weighted by Crippen LogP contribution is -2.45. The molecule has 2 aliphatic rings. The number of para-hydroxylation sites is 1. The molecule has 3 heterocycles. The fourth-order valence-electron chi connectivity index (χ4n) is 3.97. The van der Waals surface area contributed by atoms with Crippen molar-refractivity contribution in [2.45, 2.75) is 38.5 Å². The molecule has 2 aromatic rings. The summed E-state index contributed by atoms with van der Waals surface area (Å²) in [7, 11) is 0. The van der Waals surface area contributed by atoms with Crippen LogP contribution in [0.1, 0.15) is 30.4 Å². The third kappa shape index (κ3) is 4.20. The van der Waals surface area contributed by atoms with Crippen LogP contribution in [0.25, 0.3) is 0 Å². The molecule has 0 saturated carbocycles. The van der Waals surface area contributed by atoms with Crippen LogP contribution in [0.2, 0.25) is 0 Å². The third-order valence-electron chi connectivity index (χ3n) is 5.28. The quantitative estimate of drug-likeness (QED) is 0.833. The van der Waals surface area contributed by atoms with Crippen LogP contribution in [0.5, 0.6) is 5.75 Å². The second kappa shape index (κ2) is 7.98. The molecule has 1 aromatic heterocycles. The Morgan fingerprint density at radius 2 is 2.12 bits per heavy atom. The van der Waals surface area contributed by atoms with E-state index < -0.39 is 0 Å². The highest BCUT2D eigenvalue weighted by Crippen LogP contribution is 2.30. The van der Waals surface area contributed by atoms with E-state index in [9.17, 15) is 0 Å². The molecule has 132 valence electrons. The second-order valence-electron chi connectivity index (χ2n) is 7.09. The zero-order chi connectivity index (χ0) is 16.9. The Morgan fingerprint density at radius 1 is 1.16 bits per heavy atom. The Hall–Kier alpha value is -1.91. The van der Waals surface area contributed by atoms with Gasteiger partial charge in [-0.15, -0.1) is 0 Å². The van der Waals surface area contributed by atoms with Gasteiger partial charge in [-0.2, -0.15) is 0 Å². The van der Waals surface area contributed by atoms with Gasteiger partial charge in [0.2, 0.25) is 0 Å². The summed E-state index contributed by atoms with van der Waals surface area (Å²) in [6, 6.07) is 12.4. The maximum Gasteiger partial charge on any atom is 0.124 e. The summed E-state index contributed by atoms with van der Waals surface area (Å²) < 4.78 is 12.0. The second-order valence-corrected chi connectivity index (χ2v) is 7.09. The minimum Gasteiger partial charge on any atom is -0.489 e. The monoisotopic (exact) mass is 338 g/mol. The van der Waals surface area contributed by atoms with Crippen LogP contribution in [0.3, 0.4) is 0 Å². The van der Waals surface area contributed by atoms with Crippen molar-refractivity contribution in [2.24, 2.45) is 5.92 Å². The zero-order valence-corrected chi connectivity index (χ0v) is 14.6. The largest absolute Gasteiger partial charge is 0.489 e. The highest BCUT2D eigenvalue weighted by molar-refractivity contribution is 5.33. The summed E-state index contributed by atoms with van der Waals surface area (Å²) in [6.45, 7) is 4.71. The molecule has 2 atom stereocenters. The predicted octanol–water partition coefficient (Wildman–Crippen LogP) is 3.66. The van der Waals surface area contributed by atoms with E-state index in [1.807, 2.05) is 24.4 Å². The first-order chi connectivity index (χ1) is 12.4. The molecule has 2 fully saturated rings. The maximum atomic E-state index is 6.08. The molecule has 0 amide bonds. The molecule has 0 radical (unpaired) electrons. The van der Waals surface area contributed by atoms with Gasteiger partial charge in [-0.25, -0.2) is 0 Å². The number of rotatable bonds is 5. The minimum absolute atomic E-state index is 0.488. The van der Waals surface area contributed by atoms with Crippen LogP contribution in [-0.2, 0) is 17.9 Å². The Kier molecular flexibility index (Phi) is 5.28. The number of fused-ring (bicyclic) bond motifs is 1. The van der Waals surface area contributed by atoms with Crippen molar-refractivity contribution in [3.8, 4) is 5.75 Å². The fourth-order valence-corrected chi connectivity index (χ4v) is 3.97. The van der Waals surface area contributed by atoms with Crippen molar-refractivity contribution in [3.05, 3.63) is 59.9 Å². The van der Waals surface area contributed by atoms with E-state index in [4.69, 9.17) is 9.47 Å². The molecule has 4 nitrogen and oxygen atoms in total. The van der Waals surface area contributed by atoms with E-state index in [1.165, 1.54) is 18.4 Å². The first-order valence-corrected chi connectivity index (χ1v) is 9.32. The Bertz CT molecular complexity index is 677. The van der Waals surface area contributed by atoms with Crippen molar-refractivity contribution < 1.29 is 9.47 Å². The molecular weight excluding hydrogens is 312 g/mol. The van der Waals surface area contributed by atoms with Gasteiger partial charge in [0.25, 0.3) is 0 Å². The fraction of sp³-hybridized carbons (Fsp3) is 0.476. The zero-order valence-electron chi connectivity index (χ0n) is 14.6. The summed E-state index contributed by atoms with van der Waals surface area (Å²) in [5.74, 6) is 1.68. The molecular formula is C21H26N2O2. The number of likely N-dealkylation sites (tertiary alicyclic amines) is 1. The van der Waals surface area contributed by atoms with E-state index in [-0.39, 0.29) is 0 Å². The average Bonchev–Trinajstić information content (AvgIpc) is 2.68. The Morgan fingerprint density at radius 3 is 3.04 bits per heavy atom. The van der Waals surface area contributed by atoms with Gasteiger partial charge in [-0.05, 0) is 37.3 Å². The SMILES string of the molecule is c1cncc(COc2ccccc2CN2CC[C@@H]3OCCC[C@H]3C2)c1. The Labute approximate surface area is 149 Å². The number of hydrogen-bond donors (Lipinski definition) is 0. The number of piperidine rings is 1. The van der Waals surface area contributed by atoms with Gasteiger partial charge in [0, 0.05) is 49.8 Å². The van der Waals surface area contributed by atoms with Crippen LogP contribution in [-0.4, -0.2) is 35.7 Å². The number of aromatic nitrogens is 1. The van der Waals surface area contributed by atoms with Crippen molar-refractivity contribution in [3.63, 3.8) is 0 Å². The molecule has 0 N–H and O–H groups in total. The van der Waals surface area contributed by atoms with E-state index in [2.05, 4.69) is 28.1 Å². The van der Waals surface area contributed by atoms with Gasteiger partial charge in [-0.1, -0.05) is 24.3 Å². The lowest BCUT2D eigenvalue weighted by atomic mass is 9.88. The molecule has 2 aliphatic heterocycles. The van der Waals surface area contributed by atoms with E-state index >= 15 is 0 Å². The minimum atomic E-state index is 0.488. The highest BCUT2D eigenvalue weighted by atomic mass is 16.5. The lowest BCUT2D eigenvalue weighted by Gasteiger charge is -2.41. The number of pyridine rings is 1. The molecule has 0 spiro atoms. The summed E-state index contributed by atoms with van der Waals surface area (Å²) >= 11 is 0. The normalized spacial score (nSPS) is 23.8. The third-order valence-corrected chi connectivity index (χ3v) is 5.28. The van der Waals surface area contributed by atoms with Gasteiger partial charge in [0.05, 0.1) is 6.10 Å². The maximum absolute atomic E-state index is 6.08. The first kappa shape index (κ1) is 16.6. The molecule has 4 heteroatoms. The van der Waals surface area contributed by atoms with E-state index in [1.54, 1.807) is 6.20 Å². The Balaban J connectivity index is 1.39. The molecule has 0 aliphatic carbocycles. The molecule has 0 unspecified atom stereocenters. The summed E-state index contributed by atoms with van der Waals surface area (Å²) in [6.07, 6.45) is 7.80. The van der Waals surface area contributed by atoms with Crippen molar-refractivity contribution in [1.82, 2.24) is 9.88 Å². The molecule has 0 bridgehead atoms. The topological polar surface area (TPSA) is 34.6 Å². The van der Waals surface area contributed by atoms with Gasteiger partial charge < -0.3 is 9.47 Å².